The summed E-state index contributed by atoms with van der Waals surface area (Å²) in [5, 5.41) is 14.8. The first-order valence-corrected chi connectivity index (χ1v) is 3.53. The molecule has 1 aliphatic heterocycles. The highest BCUT2D eigenvalue weighted by Gasteiger charge is 2.08. The van der Waals surface area contributed by atoms with Crippen LogP contribution < -0.4 is 10.6 Å². The Kier molecular flexibility index (Phi) is 2.21. The van der Waals surface area contributed by atoms with Crippen LogP contribution in [-0.4, -0.2) is 5.11 Å². The number of rotatable bonds is 0. The fourth-order valence-corrected chi connectivity index (χ4v) is 0.932. The van der Waals surface area contributed by atoms with Gasteiger partial charge in [-0.15, -0.1) is 0 Å². The third kappa shape index (κ3) is 1.55. The van der Waals surface area contributed by atoms with Crippen molar-refractivity contribution >= 4 is 0 Å². The molecule has 0 atom stereocenters. The van der Waals surface area contributed by atoms with Gasteiger partial charge < -0.3 is 15.7 Å². The van der Waals surface area contributed by atoms with Crippen molar-refractivity contribution in [3.63, 3.8) is 0 Å². The summed E-state index contributed by atoms with van der Waals surface area (Å²) in [5.41, 5.74) is 1.87. The number of allylic oxidation sites excluding steroid dienone is 2. The number of aliphatic hydroxyl groups excluding tert-OH is 1. The molecule has 1 heterocycles. The third-order valence-electron chi connectivity index (χ3n) is 1.49. The first kappa shape index (κ1) is 7.72. The van der Waals surface area contributed by atoms with Crippen molar-refractivity contribution in [3.05, 3.63) is 35.6 Å². The Hall–Kier alpha value is -1.38. The van der Waals surface area contributed by atoms with E-state index >= 15 is 0 Å². The molecule has 3 nitrogen and oxygen atoms in total. The first-order valence-electron chi connectivity index (χ1n) is 3.53. The molecule has 0 unspecified atom stereocenters. The maximum Gasteiger partial charge on any atom is 0.205 e. The average molecular weight is 152 g/mol. The molecule has 0 fully saturated rings. The summed E-state index contributed by atoms with van der Waals surface area (Å²) in [5.74, 6) is 0.142. The molecule has 11 heavy (non-hydrogen) atoms. The fourth-order valence-electron chi connectivity index (χ4n) is 0.932. The zero-order chi connectivity index (χ0) is 8.27. The van der Waals surface area contributed by atoms with Crippen molar-refractivity contribution in [3.8, 4) is 0 Å². The standard InChI is InChI=1S/C8H12N2O/c1-3-6-7(4-2)10-8(11)5-9-6/h3-5,9-11H,1-2H3. The lowest BCUT2D eigenvalue weighted by Crippen LogP contribution is -2.26. The van der Waals surface area contributed by atoms with Gasteiger partial charge in [-0.2, -0.15) is 0 Å². The van der Waals surface area contributed by atoms with Crippen LogP contribution in [0.5, 0.6) is 0 Å². The molecule has 0 amide bonds. The van der Waals surface area contributed by atoms with Crippen LogP contribution in [0.2, 0.25) is 0 Å². The predicted molar refractivity (Wildman–Crippen MR) is 44.5 cm³/mol. The zero-order valence-corrected chi connectivity index (χ0v) is 6.68. The van der Waals surface area contributed by atoms with Crippen molar-refractivity contribution < 1.29 is 5.11 Å². The lowest BCUT2D eigenvalue weighted by atomic mass is 10.2. The Bertz CT molecular complexity index is 238. The SMILES string of the molecule is CC=C1NC=C(O)NC1=CC. The molecule has 0 saturated heterocycles. The monoisotopic (exact) mass is 152 g/mol. The Labute approximate surface area is 66.1 Å². The Morgan fingerprint density at radius 3 is 2.45 bits per heavy atom. The molecule has 3 N–H and O–H groups in total. The molecule has 0 bridgehead atoms. The summed E-state index contributed by atoms with van der Waals surface area (Å²) < 4.78 is 0. The highest BCUT2D eigenvalue weighted by molar-refractivity contribution is 5.33. The summed E-state index contributed by atoms with van der Waals surface area (Å²) in [6.45, 7) is 3.84. The quantitative estimate of drug-likeness (QED) is 0.491. The number of hydrogen-bond donors (Lipinski definition) is 3. The number of nitrogens with one attached hydrogen (secondary N) is 2. The van der Waals surface area contributed by atoms with Crippen LogP contribution in [-0.2, 0) is 0 Å². The molecule has 3 heteroatoms. The zero-order valence-electron chi connectivity index (χ0n) is 6.68. The number of hydrogen-bond acceptors (Lipinski definition) is 3. The van der Waals surface area contributed by atoms with Crippen LogP contribution in [0.4, 0.5) is 0 Å². The molecule has 0 radical (unpaired) electrons. The van der Waals surface area contributed by atoms with Crippen LogP contribution in [0.15, 0.2) is 35.6 Å². The molecule has 0 aromatic rings. The second-order valence-electron chi connectivity index (χ2n) is 2.20. The highest BCUT2D eigenvalue weighted by atomic mass is 16.3. The van der Waals surface area contributed by atoms with Gasteiger partial charge in [-0.3, -0.25) is 0 Å². The molecular weight excluding hydrogens is 140 g/mol. The van der Waals surface area contributed by atoms with E-state index < -0.39 is 0 Å². The normalized spacial score (nSPS) is 24.4. The topological polar surface area (TPSA) is 44.3 Å². The van der Waals surface area contributed by atoms with E-state index in [1.54, 1.807) is 0 Å². The molecule has 1 aliphatic rings. The van der Waals surface area contributed by atoms with Gasteiger partial charge in [0.1, 0.15) is 0 Å². The van der Waals surface area contributed by atoms with Crippen molar-refractivity contribution in [2.45, 2.75) is 13.8 Å². The van der Waals surface area contributed by atoms with Gasteiger partial charge in [0.2, 0.25) is 5.88 Å². The predicted octanol–water partition coefficient (Wildman–Crippen LogP) is 1.34. The molecule has 0 aromatic carbocycles. The van der Waals surface area contributed by atoms with Crippen molar-refractivity contribution in [2.75, 3.05) is 0 Å². The Morgan fingerprint density at radius 1 is 1.27 bits per heavy atom. The van der Waals surface area contributed by atoms with Gasteiger partial charge in [-0.05, 0) is 13.8 Å². The van der Waals surface area contributed by atoms with E-state index in [1.165, 1.54) is 6.20 Å². The smallest absolute Gasteiger partial charge is 0.205 e. The Morgan fingerprint density at radius 2 is 1.91 bits per heavy atom. The van der Waals surface area contributed by atoms with E-state index in [9.17, 15) is 0 Å². The van der Waals surface area contributed by atoms with Crippen LogP contribution in [0.1, 0.15) is 13.8 Å². The van der Waals surface area contributed by atoms with Gasteiger partial charge in [0, 0.05) is 0 Å². The largest absolute Gasteiger partial charge is 0.494 e. The van der Waals surface area contributed by atoms with Gasteiger partial charge in [-0.1, -0.05) is 12.2 Å². The van der Waals surface area contributed by atoms with Gasteiger partial charge >= 0.3 is 0 Å². The van der Waals surface area contributed by atoms with E-state index in [1.807, 2.05) is 26.0 Å². The van der Waals surface area contributed by atoms with Crippen LogP contribution >= 0.6 is 0 Å². The van der Waals surface area contributed by atoms with Gasteiger partial charge in [0.15, 0.2) is 0 Å². The van der Waals surface area contributed by atoms with E-state index in [-0.39, 0.29) is 5.88 Å². The Balaban J connectivity index is 2.88. The van der Waals surface area contributed by atoms with E-state index in [4.69, 9.17) is 5.11 Å². The molecular formula is C8H12N2O. The second-order valence-corrected chi connectivity index (χ2v) is 2.20. The minimum absolute atomic E-state index is 0.142. The molecule has 0 aliphatic carbocycles. The summed E-state index contributed by atoms with van der Waals surface area (Å²) >= 11 is 0. The fraction of sp³-hybridized carbons (Fsp3) is 0.250. The maximum absolute atomic E-state index is 9.04. The van der Waals surface area contributed by atoms with Gasteiger partial charge in [0.05, 0.1) is 17.6 Å². The molecule has 0 saturated carbocycles. The average Bonchev–Trinajstić information content (AvgIpc) is 2.04. The number of aliphatic hydroxyl groups is 1. The van der Waals surface area contributed by atoms with E-state index in [2.05, 4.69) is 10.6 Å². The molecule has 0 aromatic heterocycles. The maximum atomic E-state index is 9.04. The first-order chi connectivity index (χ1) is 5.27. The van der Waals surface area contributed by atoms with Crippen molar-refractivity contribution in [1.29, 1.82) is 0 Å². The lowest BCUT2D eigenvalue weighted by molar-refractivity contribution is 0.368. The van der Waals surface area contributed by atoms with Crippen molar-refractivity contribution in [1.82, 2.24) is 10.6 Å². The van der Waals surface area contributed by atoms with Crippen LogP contribution in [0, 0.1) is 0 Å². The summed E-state index contributed by atoms with van der Waals surface area (Å²) in [4.78, 5) is 0. The molecule has 60 valence electrons. The molecule has 1 rings (SSSR count). The van der Waals surface area contributed by atoms with Gasteiger partial charge in [0.25, 0.3) is 0 Å². The summed E-state index contributed by atoms with van der Waals surface area (Å²) in [6.07, 6.45) is 5.35. The summed E-state index contributed by atoms with van der Waals surface area (Å²) in [6, 6.07) is 0. The summed E-state index contributed by atoms with van der Waals surface area (Å²) in [7, 11) is 0. The molecule has 0 spiro atoms. The lowest BCUT2D eigenvalue weighted by Gasteiger charge is -2.18. The van der Waals surface area contributed by atoms with Gasteiger partial charge in [-0.25, -0.2) is 0 Å². The van der Waals surface area contributed by atoms with E-state index in [0.717, 1.165) is 11.4 Å². The highest BCUT2D eigenvalue weighted by Crippen LogP contribution is 2.08. The second kappa shape index (κ2) is 3.14. The van der Waals surface area contributed by atoms with Crippen LogP contribution in [0.25, 0.3) is 0 Å². The third-order valence-corrected chi connectivity index (χ3v) is 1.49. The minimum atomic E-state index is 0.142. The van der Waals surface area contributed by atoms with E-state index in [0.29, 0.717) is 0 Å². The van der Waals surface area contributed by atoms with Crippen LogP contribution in [0.3, 0.4) is 0 Å². The van der Waals surface area contributed by atoms with Crippen molar-refractivity contribution in [2.24, 2.45) is 0 Å². The minimum Gasteiger partial charge on any atom is -0.494 e.